The first kappa shape index (κ1) is 6.38. The molecule has 0 radical (unpaired) electrons. The highest BCUT2D eigenvalue weighted by atomic mass is 15.6. The molecule has 0 fully saturated rings. The number of hydrogen-bond acceptors (Lipinski definition) is 5. The van der Waals surface area contributed by atoms with Gasteiger partial charge in [0, 0.05) is 6.20 Å². The van der Waals surface area contributed by atoms with E-state index in [-0.39, 0.29) is 0 Å². The molecule has 4 N–H and O–H groups in total. The molecule has 2 rings (SSSR count). The molecule has 1 aromatic heterocycles. The minimum absolute atomic E-state index is 0.515. The van der Waals surface area contributed by atoms with E-state index in [4.69, 9.17) is 11.7 Å². The van der Waals surface area contributed by atoms with Gasteiger partial charge in [0.15, 0.2) is 0 Å². The molecule has 58 valence electrons. The summed E-state index contributed by atoms with van der Waals surface area (Å²) in [4.78, 5) is 3.94. The van der Waals surface area contributed by atoms with Gasteiger partial charge in [0.25, 0.3) is 0 Å². The van der Waals surface area contributed by atoms with Crippen LogP contribution < -0.4 is 21.7 Å². The van der Waals surface area contributed by atoms with Gasteiger partial charge in [-0.25, -0.2) is 11.7 Å². The van der Waals surface area contributed by atoms with Crippen molar-refractivity contribution in [1.29, 1.82) is 0 Å². The Balaban J connectivity index is 2.52. The van der Waals surface area contributed by atoms with Gasteiger partial charge in [0.05, 0.1) is 17.6 Å². The normalized spacial score (nSPS) is 15.5. The number of anilines is 2. The standard InChI is InChI=1S/C6H9N5/c7-10-4-11(8)6-3-9-2-1-5(6)10/h1-3H,4,7-8H2. The second kappa shape index (κ2) is 2.08. The Bertz CT molecular complexity index is 246. The molecular weight excluding hydrogens is 142 g/mol. The molecule has 0 saturated carbocycles. The molecular formula is C6H9N5. The number of nitrogens with two attached hydrogens (primary N) is 2. The lowest BCUT2D eigenvalue weighted by molar-refractivity contribution is 0.824. The topological polar surface area (TPSA) is 71.4 Å². The quantitative estimate of drug-likeness (QED) is 0.485. The van der Waals surface area contributed by atoms with Crippen LogP contribution in [0.3, 0.4) is 0 Å². The number of nitrogens with zero attached hydrogens (tertiary/aromatic N) is 3. The average Bonchev–Trinajstić information content (AvgIpc) is 2.30. The molecule has 11 heavy (non-hydrogen) atoms. The number of fused-ring (bicyclic) bond motifs is 1. The number of rotatable bonds is 0. The van der Waals surface area contributed by atoms with Crippen molar-refractivity contribution in [3.05, 3.63) is 18.5 Å². The van der Waals surface area contributed by atoms with Crippen molar-refractivity contribution in [3.63, 3.8) is 0 Å². The summed E-state index contributed by atoms with van der Waals surface area (Å²) in [6.45, 7) is 0.515. The molecule has 0 saturated heterocycles. The van der Waals surface area contributed by atoms with Crippen LogP contribution in [0, 0.1) is 0 Å². The van der Waals surface area contributed by atoms with Crippen molar-refractivity contribution < 1.29 is 0 Å². The summed E-state index contributed by atoms with van der Waals surface area (Å²) in [5.74, 6) is 11.2. The van der Waals surface area contributed by atoms with Gasteiger partial charge in [0.2, 0.25) is 0 Å². The van der Waals surface area contributed by atoms with E-state index in [1.807, 2.05) is 6.07 Å². The maximum Gasteiger partial charge on any atom is 0.120 e. The van der Waals surface area contributed by atoms with Crippen molar-refractivity contribution in [1.82, 2.24) is 4.98 Å². The minimum Gasteiger partial charge on any atom is -0.288 e. The fourth-order valence-electron chi connectivity index (χ4n) is 1.16. The summed E-state index contributed by atoms with van der Waals surface area (Å²) in [7, 11) is 0. The lowest BCUT2D eigenvalue weighted by Crippen LogP contribution is -2.39. The number of aromatic nitrogens is 1. The largest absolute Gasteiger partial charge is 0.288 e. The molecule has 0 atom stereocenters. The highest BCUT2D eigenvalue weighted by molar-refractivity contribution is 5.73. The number of hydrogen-bond donors (Lipinski definition) is 2. The Kier molecular flexibility index (Phi) is 1.21. The Hall–Kier alpha value is -1.33. The SMILES string of the molecule is NN1CN(N)c2cnccc21. The van der Waals surface area contributed by atoms with Crippen LogP contribution in [0.4, 0.5) is 11.4 Å². The average molecular weight is 151 g/mol. The van der Waals surface area contributed by atoms with E-state index >= 15 is 0 Å². The summed E-state index contributed by atoms with van der Waals surface area (Å²) in [6, 6.07) is 1.84. The molecule has 5 nitrogen and oxygen atoms in total. The van der Waals surface area contributed by atoms with Gasteiger partial charge in [-0.1, -0.05) is 0 Å². The maximum atomic E-state index is 5.62. The van der Waals surface area contributed by atoms with Crippen molar-refractivity contribution >= 4 is 11.4 Å². The first-order valence-electron chi connectivity index (χ1n) is 3.27. The van der Waals surface area contributed by atoms with Crippen LogP contribution >= 0.6 is 0 Å². The molecule has 2 heterocycles. The van der Waals surface area contributed by atoms with E-state index in [0.29, 0.717) is 6.67 Å². The van der Waals surface area contributed by atoms with E-state index in [2.05, 4.69) is 4.98 Å². The molecule has 0 aliphatic carbocycles. The number of hydrazine groups is 2. The lowest BCUT2D eigenvalue weighted by atomic mass is 10.4. The van der Waals surface area contributed by atoms with Gasteiger partial charge in [-0.3, -0.25) is 15.0 Å². The zero-order valence-corrected chi connectivity index (χ0v) is 5.94. The second-order valence-corrected chi connectivity index (χ2v) is 2.45. The fourth-order valence-corrected chi connectivity index (χ4v) is 1.16. The van der Waals surface area contributed by atoms with Gasteiger partial charge < -0.3 is 0 Å². The third kappa shape index (κ3) is 0.821. The maximum absolute atomic E-state index is 5.62. The van der Waals surface area contributed by atoms with Crippen LogP contribution in [0.1, 0.15) is 0 Å². The first-order chi connectivity index (χ1) is 5.29. The van der Waals surface area contributed by atoms with Crippen LogP contribution in [0.5, 0.6) is 0 Å². The minimum atomic E-state index is 0.515. The summed E-state index contributed by atoms with van der Waals surface area (Å²) in [5, 5.41) is 3.14. The Morgan fingerprint density at radius 2 is 2.00 bits per heavy atom. The molecule has 0 spiro atoms. The fraction of sp³-hybridized carbons (Fsp3) is 0.167. The molecule has 0 bridgehead atoms. The van der Waals surface area contributed by atoms with Crippen LogP contribution in [-0.4, -0.2) is 11.7 Å². The first-order valence-corrected chi connectivity index (χ1v) is 3.27. The third-order valence-electron chi connectivity index (χ3n) is 1.70. The van der Waals surface area contributed by atoms with Crippen LogP contribution in [-0.2, 0) is 0 Å². The van der Waals surface area contributed by atoms with E-state index in [1.54, 1.807) is 22.4 Å². The zero-order valence-electron chi connectivity index (χ0n) is 5.94. The van der Waals surface area contributed by atoms with Gasteiger partial charge in [-0.05, 0) is 6.07 Å². The molecule has 0 aromatic carbocycles. The highest BCUT2D eigenvalue weighted by Crippen LogP contribution is 2.29. The third-order valence-corrected chi connectivity index (χ3v) is 1.70. The Labute approximate surface area is 64.1 Å². The summed E-state index contributed by atoms with van der Waals surface area (Å²) >= 11 is 0. The summed E-state index contributed by atoms with van der Waals surface area (Å²) in [6.07, 6.45) is 3.39. The van der Waals surface area contributed by atoms with Crippen LogP contribution in [0.2, 0.25) is 0 Å². The Morgan fingerprint density at radius 3 is 2.73 bits per heavy atom. The highest BCUT2D eigenvalue weighted by Gasteiger charge is 2.20. The van der Waals surface area contributed by atoms with E-state index in [9.17, 15) is 0 Å². The molecule has 0 amide bonds. The van der Waals surface area contributed by atoms with E-state index < -0.39 is 0 Å². The van der Waals surface area contributed by atoms with E-state index in [1.165, 1.54) is 0 Å². The second-order valence-electron chi connectivity index (χ2n) is 2.45. The van der Waals surface area contributed by atoms with Crippen molar-refractivity contribution in [2.24, 2.45) is 11.7 Å². The molecule has 1 aliphatic rings. The number of pyridine rings is 1. The van der Waals surface area contributed by atoms with Crippen molar-refractivity contribution in [3.8, 4) is 0 Å². The zero-order chi connectivity index (χ0) is 7.84. The summed E-state index contributed by atoms with van der Waals surface area (Å²) < 4.78 is 0. The molecule has 5 heteroatoms. The van der Waals surface area contributed by atoms with Crippen LogP contribution in [0.25, 0.3) is 0 Å². The predicted molar refractivity (Wildman–Crippen MR) is 42.4 cm³/mol. The van der Waals surface area contributed by atoms with Crippen molar-refractivity contribution in [2.45, 2.75) is 0 Å². The van der Waals surface area contributed by atoms with Gasteiger partial charge >= 0.3 is 0 Å². The van der Waals surface area contributed by atoms with E-state index in [0.717, 1.165) is 11.4 Å². The van der Waals surface area contributed by atoms with Crippen LogP contribution in [0.15, 0.2) is 18.5 Å². The van der Waals surface area contributed by atoms with Gasteiger partial charge in [-0.15, -0.1) is 0 Å². The molecule has 1 aliphatic heterocycles. The smallest absolute Gasteiger partial charge is 0.120 e. The molecule has 1 aromatic rings. The van der Waals surface area contributed by atoms with Gasteiger partial charge in [0.1, 0.15) is 6.67 Å². The Morgan fingerprint density at radius 1 is 1.27 bits per heavy atom. The summed E-state index contributed by atoms with van der Waals surface area (Å²) in [5.41, 5.74) is 1.79. The molecule has 0 unspecified atom stereocenters. The van der Waals surface area contributed by atoms with Crippen molar-refractivity contribution in [2.75, 3.05) is 16.7 Å². The predicted octanol–water partition coefficient (Wildman–Crippen LogP) is -0.587. The monoisotopic (exact) mass is 151 g/mol. The van der Waals surface area contributed by atoms with Gasteiger partial charge in [-0.2, -0.15) is 0 Å². The lowest BCUT2D eigenvalue weighted by Gasteiger charge is -2.10.